The Kier molecular flexibility index (Phi) is 4.80. The second kappa shape index (κ2) is 6.79. The van der Waals surface area contributed by atoms with Gasteiger partial charge in [0.2, 0.25) is 0 Å². The molecule has 3 nitrogen and oxygen atoms in total. The molecule has 0 saturated carbocycles. The van der Waals surface area contributed by atoms with Crippen LogP contribution in [0.1, 0.15) is 16.5 Å². The normalized spacial score (nSPS) is 17.6. The van der Waals surface area contributed by atoms with Gasteiger partial charge < -0.3 is 10.1 Å². The summed E-state index contributed by atoms with van der Waals surface area (Å²) in [6.07, 6.45) is 0. The molecule has 0 radical (unpaired) electrons. The first kappa shape index (κ1) is 14.9. The van der Waals surface area contributed by atoms with Gasteiger partial charge in [-0.2, -0.15) is 0 Å². The van der Waals surface area contributed by atoms with E-state index in [0.29, 0.717) is 0 Å². The number of hydrogen-bond donors (Lipinski definition) is 1. The molecule has 1 unspecified atom stereocenters. The maximum absolute atomic E-state index is 6.16. The van der Waals surface area contributed by atoms with Crippen molar-refractivity contribution in [3.05, 3.63) is 51.2 Å². The molecule has 5 heteroatoms. The van der Waals surface area contributed by atoms with Gasteiger partial charge in [0.05, 0.1) is 17.5 Å². The molecule has 0 amide bonds. The van der Waals surface area contributed by atoms with Gasteiger partial charge in [0.1, 0.15) is 5.75 Å². The van der Waals surface area contributed by atoms with Crippen LogP contribution < -0.4 is 10.1 Å². The van der Waals surface area contributed by atoms with Crippen molar-refractivity contribution in [3.63, 3.8) is 0 Å². The van der Waals surface area contributed by atoms with E-state index in [1.807, 2.05) is 18.2 Å². The van der Waals surface area contributed by atoms with E-state index in [0.717, 1.165) is 36.3 Å². The van der Waals surface area contributed by atoms with E-state index in [1.165, 1.54) is 10.4 Å². The molecule has 2 heterocycles. The van der Waals surface area contributed by atoms with Crippen LogP contribution in [0.5, 0.6) is 5.75 Å². The molecule has 2 aromatic rings. The molecule has 1 fully saturated rings. The van der Waals surface area contributed by atoms with Crippen molar-refractivity contribution in [1.29, 1.82) is 0 Å². The fraction of sp³-hybridized carbons (Fsp3) is 0.375. The number of ether oxygens (including phenoxy) is 1. The first-order valence-electron chi connectivity index (χ1n) is 7.12. The minimum absolute atomic E-state index is 0.209. The molecule has 0 aliphatic carbocycles. The van der Waals surface area contributed by atoms with E-state index in [4.69, 9.17) is 16.3 Å². The summed E-state index contributed by atoms with van der Waals surface area (Å²) in [5, 5.41) is 3.41. The van der Waals surface area contributed by atoms with E-state index in [2.05, 4.69) is 28.4 Å². The molecule has 112 valence electrons. The topological polar surface area (TPSA) is 24.5 Å². The fourth-order valence-corrected chi connectivity index (χ4v) is 4.05. The molecule has 0 spiro atoms. The molecule has 1 aliphatic rings. The smallest absolute Gasteiger partial charge is 0.124 e. The highest BCUT2D eigenvalue weighted by Gasteiger charge is 2.27. The Morgan fingerprint density at radius 1 is 1.19 bits per heavy atom. The number of nitrogens with one attached hydrogen (secondary N) is 1. The van der Waals surface area contributed by atoms with Crippen molar-refractivity contribution >= 4 is 22.9 Å². The molecule has 1 aromatic carbocycles. The fourth-order valence-electron chi connectivity index (χ4n) is 2.84. The summed E-state index contributed by atoms with van der Waals surface area (Å²) in [5.41, 5.74) is 1.21. The lowest BCUT2D eigenvalue weighted by Gasteiger charge is -2.35. The molecule has 1 aliphatic heterocycles. The van der Waals surface area contributed by atoms with E-state index in [1.54, 1.807) is 18.4 Å². The molecule has 1 N–H and O–H groups in total. The van der Waals surface area contributed by atoms with Crippen LogP contribution in [0.15, 0.2) is 36.4 Å². The van der Waals surface area contributed by atoms with Gasteiger partial charge in [0.15, 0.2) is 0 Å². The SMILES string of the molecule is COc1ccccc1C(c1ccc(Cl)s1)N1CCNCC1. The number of methoxy groups -OCH3 is 1. The number of hydrogen-bond acceptors (Lipinski definition) is 4. The first-order valence-corrected chi connectivity index (χ1v) is 8.32. The van der Waals surface area contributed by atoms with Crippen LogP contribution in [0.2, 0.25) is 4.34 Å². The Hall–Kier alpha value is -1.07. The average Bonchev–Trinajstić information content (AvgIpc) is 2.95. The van der Waals surface area contributed by atoms with Crippen molar-refractivity contribution in [2.75, 3.05) is 33.3 Å². The Labute approximate surface area is 134 Å². The van der Waals surface area contributed by atoms with Crippen molar-refractivity contribution in [2.24, 2.45) is 0 Å². The van der Waals surface area contributed by atoms with Crippen LogP contribution in [-0.4, -0.2) is 38.2 Å². The van der Waals surface area contributed by atoms with Crippen LogP contribution >= 0.6 is 22.9 Å². The lowest BCUT2D eigenvalue weighted by Crippen LogP contribution is -2.45. The third-order valence-corrected chi connectivity index (χ3v) is 5.10. The van der Waals surface area contributed by atoms with Gasteiger partial charge in [-0.1, -0.05) is 29.8 Å². The van der Waals surface area contributed by atoms with Gasteiger partial charge in [0, 0.05) is 36.6 Å². The summed E-state index contributed by atoms with van der Waals surface area (Å²) in [7, 11) is 1.73. The Morgan fingerprint density at radius 2 is 1.95 bits per heavy atom. The molecule has 1 aromatic heterocycles. The van der Waals surface area contributed by atoms with E-state index in [9.17, 15) is 0 Å². The summed E-state index contributed by atoms with van der Waals surface area (Å²) in [6.45, 7) is 4.09. The number of benzene rings is 1. The third-order valence-electron chi connectivity index (χ3n) is 3.81. The summed E-state index contributed by atoms with van der Waals surface area (Å²) >= 11 is 7.81. The van der Waals surface area contributed by atoms with E-state index in [-0.39, 0.29) is 6.04 Å². The predicted octanol–water partition coefficient (Wildman–Crippen LogP) is 3.40. The van der Waals surface area contributed by atoms with Crippen LogP contribution in [0.3, 0.4) is 0 Å². The molecule has 1 atom stereocenters. The van der Waals surface area contributed by atoms with Gasteiger partial charge >= 0.3 is 0 Å². The molecule has 3 rings (SSSR count). The lowest BCUT2D eigenvalue weighted by atomic mass is 10.0. The monoisotopic (exact) mass is 322 g/mol. The number of nitrogens with zero attached hydrogens (tertiary/aromatic N) is 1. The minimum Gasteiger partial charge on any atom is -0.496 e. The highest BCUT2D eigenvalue weighted by Crippen LogP contribution is 2.38. The van der Waals surface area contributed by atoms with Gasteiger partial charge in [-0.05, 0) is 18.2 Å². The van der Waals surface area contributed by atoms with Crippen LogP contribution in [0, 0.1) is 0 Å². The largest absolute Gasteiger partial charge is 0.496 e. The number of halogens is 1. The summed E-state index contributed by atoms with van der Waals surface area (Å²) in [4.78, 5) is 3.77. The Balaban J connectivity index is 2.02. The van der Waals surface area contributed by atoms with Crippen LogP contribution in [0.25, 0.3) is 0 Å². The Bertz CT molecular complexity index is 595. The van der Waals surface area contributed by atoms with E-state index >= 15 is 0 Å². The van der Waals surface area contributed by atoms with Crippen molar-refractivity contribution in [2.45, 2.75) is 6.04 Å². The second-order valence-corrected chi connectivity index (χ2v) is 6.82. The maximum atomic E-state index is 6.16. The standard InChI is InChI=1S/C16H19ClN2OS/c1-20-13-5-3-2-4-12(13)16(14-6-7-15(17)21-14)19-10-8-18-9-11-19/h2-7,16,18H,8-11H2,1H3. The van der Waals surface area contributed by atoms with Crippen molar-refractivity contribution in [3.8, 4) is 5.75 Å². The molecule has 1 saturated heterocycles. The van der Waals surface area contributed by atoms with Crippen LogP contribution in [0.4, 0.5) is 0 Å². The van der Waals surface area contributed by atoms with Crippen LogP contribution in [-0.2, 0) is 0 Å². The quantitative estimate of drug-likeness (QED) is 0.933. The average molecular weight is 323 g/mol. The maximum Gasteiger partial charge on any atom is 0.124 e. The number of piperazine rings is 1. The number of rotatable bonds is 4. The second-order valence-electron chi connectivity index (χ2n) is 5.07. The minimum atomic E-state index is 0.209. The van der Waals surface area contributed by atoms with Crippen molar-refractivity contribution in [1.82, 2.24) is 10.2 Å². The Morgan fingerprint density at radius 3 is 2.62 bits per heavy atom. The van der Waals surface area contributed by atoms with Gasteiger partial charge in [0.25, 0.3) is 0 Å². The molecular formula is C16H19ClN2OS. The highest BCUT2D eigenvalue weighted by molar-refractivity contribution is 7.16. The summed E-state index contributed by atoms with van der Waals surface area (Å²) in [6, 6.07) is 12.6. The lowest BCUT2D eigenvalue weighted by molar-refractivity contribution is 0.197. The molecule has 21 heavy (non-hydrogen) atoms. The molecule has 0 bridgehead atoms. The third kappa shape index (κ3) is 3.24. The van der Waals surface area contributed by atoms with Gasteiger partial charge in [-0.3, -0.25) is 4.90 Å². The van der Waals surface area contributed by atoms with Gasteiger partial charge in [-0.25, -0.2) is 0 Å². The number of thiophene rings is 1. The zero-order chi connectivity index (χ0) is 14.7. The van der Waals surface area contributed by atoms with Gasteiger partial charge in [-0.15, -0.1) is 11.3 Å². The predicted molar refractivity (Wildman–Crippen MR) is 88.6 cm³/mol. The molecular weight excluding hydrogens is 304 g/mol. The zero-order valence-corrected chi connectivity index (χ0v) is 13.6. The zero-order valence-electron chi connectivity index (χ0n) is 12.0. The summed E-state index contributed by atoms with van der Waals surface area (Å²) in [5.74, 6) is 0.936. The van der Waals surface area contributed by atoms with E-state index < -0.39 is 0 Å². The first-order chi connectivity index (χ1) is 10.3. The summed E-state index contributed by atoms with van der Waals surface area (Å²) < 4.78 is 6.41. The highest BCUT2D eigenvalue weighted by atomic mass is 35.5. The number of para-hydroxylation sites is 1. The van der Waals surface area contributed by atoms with Crippen molar-refractivity contribution < 1.29 is 4.74 Å².